The Balaban J connectivity index is 2.90. The normalized spacial score (nSPS) is 12.1. The highest BCUT2D eigenvalue weighted by Gasteiger charge is 2.20. The summed E-state index contributed by atoms with van der Waals surface area (Å²) < 4.78 is 0. The summed E-state index contributed by atoms with van der Waals surface area (Å²) in [6, 6.07) is 1.88. The molecular formula is C13H20ClN3OS. The average Bonchev–Trinajstić information content (AvgIpc) is 2.43. The predicted octanol–water partition coefficient (Wildman–Crippen LogP) is 2.99. The molecular weight excluding hydrogens is 282 g/mol. The Morgan fingerprint density at radius 2 is 2.32 bits per heavy atom. The first-order chi connectivity index (χ1) is 9.04. The van der Waals surface area contributed by atoms with Gasteiger partial charge in [-0.3, -0.25) is 4.79 Å². The van der Waals surface area contributed by atoms with E-state index in [1.165, 1.54) is 0 Å². The van der Waals surface area contributed by atoms with Crippen LogP contribution in [0.5, 0.6) is 0 Å². The van der Waals surface area contributed by atoms with E-state index in [2.05, 4.69) is 17.2 Å². The van der Waals surface area contributed by atoms with Crippen LogP contribution >= 0.6 is 23.4 Å². The maximum absolute atomic E-state index is 12.4. The largest absolute Gasteiger partial charge is 0.372 e. The van der Waals surface area contributed by atoms with Gasteiger partial charge >= 0.3 is 0 Å². The van der Waals surface area contributed by atoms with Crippen LogP contribution in [-0.2, 0) is 0 Å². The third-order valence-corrected chi connectivity index (χ3v) is 4.03. The Bertz CT molecular complexity index is 442. The number of thioether (sulfide) groups is 1. The Morgan fingerprint density at radius 3 is 2.79 bits per heavy atom. The topological polar surface area (TPSA) is 45.2 Å². The first-order valence-corrected chi connectivity index (χ1v) is 7.91. The number of halogens is 1. The number of aromatic nitrogens is 1. The molecule has 1 atom stereocenters. The quantitative estimate of drug-likeness (QED) is 0.877. The van der Waals surface area contributed by atoms with Crippen molar-refractivity contribution in [2.75, 3.05) is 31.4 Å². The molecule has 1 heterocycles. The second kappa shape index (κ2) is 7.60. The van der Waals surface area contributed by atoms with Crippen molar-refractivity contribution in [3.05, 3.63) is 22.8 Å². The maximum atomic E-state index is 12.4. The number of amides is 1. The van der Waals surface area contributed by atoms with E-state index in [4.69, 9.17) is 11.6 Å². The molecule has 0 radical (unpaired) electrons. The van der Waals surface area contributed by atoms with Crippen LogP contribution in [0, 0.1) is 0 Å². The van der Waals surface area contributed by atoms with Gasteiger partial charge in [-0.25, -0.2) is 4.98 Å². The highest BCUT2D eigenvalue weighted by molar-refractivity contribution is 7.98. The second-order valence-electron chi connectivity index (χ2n) is 4.24. The molecule has 0 aliphatic heterocycles. The number of hydrogen-bond acceptors (Lipinski definition) is 4. The van der Waals surface area contributed by atoms with E-state index in [0.717, 1.165) is 12.2 Å². The van der Waals surface area contributed by atoms with Gasteiger partial charge in [-0.2, -0.15) is 11.8 Å². The van der Waals surface area contributed by atoms with Crippen LogP contribution in [0.4, 0.5) is 5.82 Å². The van der Waals surface area contributed by atoms with E-state index in [-0.39, 0.29) is 11.9 Å². The number of rotatable bonds is 6. The van der Waals surface area contributed by atoms with Gasteiger partial charge in [0.05, 0.1) is 10.6 Å². The molecule has 0 saturated carbocycles. The zero-order valence-corrected chi connectivity index (χ0v) is 13.3. The molecule has 4 nitrogen and oxygen atoms in total. The minimum atomic E-state index is -0.0436. The highest BCUT2D eigenvalue weighted by Crippen LogP contribution is 2.21. The fourth-order valence-corrected chi connectivity index (χ4v) is 2.91. The molecule has 19 heavy (non-hydrogen) atoms. The summed E-state index contributed by atoms with van der Waals surface area (Å²) in [5.74, 6) is 1.46. The summed E-state index contributed by atoms with van der Waals surface area (Å²) in [6.07, 6.45) is 4.53. The van der Waals surface area contributed by atoms with Crippen molar-refractivity contribution in [3.63, 3.8) is 0 Å². The van der Waals surface area contributed by atoms with Crippen LogP contribution < -0.4 is 5.32 Å². The van der Waals surface area contributed by atoms with Crippen molar-refractivity contribution in [2.45, 2.75) is 19.4 Å². The van der Waals surface area contributed by atoms with E-state index in [1.54, 1.807) is 36.0 Å². The highest BCUT2D eigenvalue weighted by atomic mass is 35.5. The second-order valence-corrected chi connectivity index (χ2v) is 5.56. The zero-order valence-electron chi connectivity index (χ0n) is 11.7. The molecule has 0 aliphatic carbocycles. The Kier molecular flexibility index (Phi) is 6.45. The summed E-state index contributed by atoms with van der Waals surface area (Å²) in [7, 11) is 3.57. The van der Waals surface area contributed by atoms with Gasteiger partial charge in [0.1, 0.15) is 5.82 Å². The predicted molar refractivity (Wildman–Crippen MR) is 83.3 cm³/mol. The van der Waals surface area contributed by atoms with E-state index in [1.807, 2.05) is 13.3 Å². The van der Waals surface area contributed by atoms with Crippen LogP contribution in [0.25, 0.3) is 0 Å². The van der Waals surface area contributed by atoms with Gasteiger partial charge in [0.15, 0.2) is 0 Å². The molecule has 0 spiro atoms. The molecule has 1 amide bonds. The molecule has 0 aromatic carbocycles. The van der Waals surface area contributed by atoms with Crippen molar-refractivity contribution >= 4 is 35.1 Å². The Labute approximate surface area is 123 Å². The number of carbonyl (C=O) groups excluding carboxylic acids is 1. The van der Waals surface area contributed by atoms with Gasteiger partial charge in [-0.15, -0.1) is 0 Å². The number of hydrogen-bond donors (Lipinski definition) is 1. The molecule has 0 bridgehead atoms. The third kappa shape index (κ3) is 4.01. The molecule has 0 aliphatic rings. The molecule has 106 valence electrons. The smallest absolute Gasteiger partial charge is 0.255 e. The first kappa shape index (κ1) is 16.1. The van der Waals surface area contributed by atoms with Gasteiger partial charge in [0, 0.05) is 32.1 Å². The molecule has 1 aromatic heterocycles. The van der Waals surface area contributed by atoms with E-state index in [9.17, 15) is 4.79 Å². The monoisotopic (exact) mass is 301 g/mol. The SMILES string of the molecule is CCC(CSC)N(C)C(=O)c1cnc(NC)c(Cl)c1. The number of nitrogens with one attached hydrogen (secondary N) is 1. The molecule has 1 rings (SSSR count). The fraction of sp³-hybridized carbons (Fsp3) is 0.538. The van der Waals surface area contributed by atoms with Crippen LogP contribution in [0.15, 0.2) is 12.3 Å². The Morgan fingerprint density at radius 1 is 1.63 bits per heavy atom. The summed E-state index contributed by atoms with van der Waals surface area (Å²) in [4.78, 5) is 18.3. The van der Waals surface area contributed by atoms with Gasteiger partial charge in [0.25, 0.3) is 5.91 Å². The van der Waals surface area contributed by atoms with Crippen molar-refractivity contribution in [1.82, 2.24) is 9.88 Å². The lowest BCUT2D eigenvalue weighted by Crippen LogP contribution is -2.38. The number of nitrogens with zero attached hydrogens (tertiary/aromatic N) is 2. The van der Waals surface area contributed by atoms with Crippen molar-refractivity contribution in [2.24, 2.45) is 0 Å². The lowest BCUT2D eigenvalue weighted by Gasteiger charge is -2.26. The lowest BCUT2D eigenvalue weighted by atomic mass is 10.2. The summed E-state index contributed by atoms with van der Waals surface area (Å²) in [5.41, 5.74) is 0.519. The van der Waals surface area contributed by atoms with E-state index < -0.39 is 0 Å². The molecule has 0 fully saturated rings. The van der Waals surface area contributed by atoms with Gasteiger partial charge < -0.3 is 10.2 Å². The van der Waals surface area contributed by atoms with Crippen LogP contribution in [0.3, 0.4) is 0 Å². The lowest BCUT2D eigenvalue weighted by molar-refractivity contribution is 0.0743. The van der Waals surface area contributed by atoms with E-state index in [0.29, 0.717) is 16.4 Å². The molecule has 1 unspecified atom stereocenters. The van der Waals surface area contributed by atoms with Crippen LogP contribution in [-0.4, -0.2) is 47.9 Å². The number of anilines is 1. The molecule has 0 saturated heterocycles. The first-order valence-electron chi connectivity index (χ1n) is 6.14. The van der Waals surface area contributed by atoms with Gasteiger partial charge in [0.2, 0.25) is 0 Å². The van der Waals surface area contributed by atoms with Crippen LogP contribution in [0.2, 0.25) is 5.02 Å². The number of carbonyl (C=O) groups is 1. The van der Waals surface area contributed by atoms with Crippen molar-refractivity contribution in [1.29, 1.82) is 0 Å². The minimum Gasteiger partial charge on any atom is -0.372 e. The Hall–Kier alpha value is -0.940. The minimum absolute atomic E-state index is 0.0436. The van der Waals surface area contributed by atoms with Gasteiger partial charge in [-0.05, 0) is 18.7 Å². The standard InChI is InChI=1S/C13H20ClN3OS/c1-5-10(8-19-4)17(3)13(18)9-6-11(14)12(15-2)16-7-9/h6-7,10H,5,8H2,1-4H3,(H,15,16). The maximum Gasteiger partial charge on any atom is 0.255 e. The molecule has 6 heteroatoms. The summed E-state index contributed by atoms with van der Waals surface area (Å²) >= 11 is 7.79. The summed E-state index contributed by atoms with van der Waals surface area (Å²) in [6.45, 7) is 2.08. The molecule has 1 aromatic rings. The fourth-order valence-electron chi connectivity index (χ4n) is 1.80. The zero-order chi connectivity index (χ0) is 14.4. The van der Waals surface area contributed by atoms with Gasteiger partial charge in [-0.1, -0.05) is 18.5 Å². The summed E-state index contributed by atoms with van der Waals surface area (Å²) in [5, 5.41) is 3.33. The van der Waals surface area contributed by atoms with Crippen LogP contribution in [0.1, 0.15) is 23.7 Å². The third-order valence-electron chi connectivity index (χ3n) is 3.02. The van der Waals surface area contributed by atoms with Crippen molar-refractivity contribution in [3.8, 4) is 0 Å². The van der Waals surface area contributed by atoms with E-state index >= 15 is 0 Å². The molecule has 1 N–H and O–H groups in total. The number of pyridine rings is 1. The van der Waals surface area contributed by atoms with Crippen molar-refractivity contribution < 1.29 is 4.79 Å². The average molecular weight is 302 g/mol.